The topological polar surface area (TPSA) is 64.1 Å². The van der Waals surface area contributed by atoms with Crippen LogP contribution >= 0.6 is 0 Å². The van der Waals surface area contributed by atoms with Crippen LogP contribution in [0.2, 0.25) is 0 Å². The summed E-state index contributed by atoms with van der Waals surface area (Å²) in [5.41, 5.74) is 8.56. The molecule has 2 aromatic carbocycles. The fourth-order valence-electron chi connectivity index (χ4n) is 1.77. The summed E-state index contributed by atoms with van der Waals surface area (Å²) in [6, 6.07) is 13.7. The summed E-state index contributed by atoms with van der Waals surface area (Å²) in [6.07, 6.45) is 1.52. The van der Waals surface area contributed by atoms with Crippen molar-refractivity contribution in [2.24, 2.45) is 0 Å². The predicted molar refractivity (Wildman–Crippen MR) is 76.0 cm³/mol. The standard InChI is InChI=1S/C15H12FN3O/c16-11-3-1-10(2-4-11)14-9-20-15(19-14)18-13-7-5-12(17)6-8-13/h1-9H,17H2,(H,18,19). The molecule has 0 amide bonds. The van der Waals surface area contributed by atoms with E-state index in [4.69, 9.17) is 10.2 Å². The van der Waals surface area contributed by atoms with Crippen LogP contribution in [0.1, 0.15) is 0 Å². The van der Waals surface area contributed by atoms with Crippen molar-refractivity contribution in [3.63, 3.8) is 0 Å². The Labute approximate surface area is 115 Å². The number of nitrogens with one attached hydrogen (secondary N) is 1. The lowest BCUT2D eigenvalue weighted by molar-refractivity contribution is 0.578. The van der Waals surface area contributed by atoms with Crippen molar-refractivity contribution in [3.8, 4) is 11.3 Å². The van der Waals surface area contributed by atoms with Gasteiger partial charge in [0.05, 0.1) is 0 Å². The molecule has 3 aromatic rings. The summed E-state index contributed by atoms with van der Waals surface area (Å²) in [7, 11) is 0. The lowest BCUT2D eigenvalue weighted by Crippen LogP contribution is -1.91. The minimum Gasteiger partial charge on any atom is -0.431 e. The second-order valence-corrected chi connectivity index (χ2v) is 4.29. The van der Waals surface area contributed by atoms with Gasteiger partial charge in [-0.3, -0.25) is 0 Å². The lowest BCUT2D eigenvalue weighted by Gasteiger charge is -2.01. The molecule has 1 heterocycles. The van der Waals surface area contributed by atoms with Gasteiger partial charge in [-0.05, 0) is 48.5 Å². The highest BCUT2D eigenvalue weighted by atomic mass is 19.1. The third-order valence-corrected chi connectivity index (χ3v) is 2.81. The maximum absolute atomic E-state index is 12.9. The van der Waals surface area contributed by atoms with E-state index in [0.717, 1.165) is 11.3 Å². The molecule has 0 saturated heterocycles. The monoisotopic (exact) mass is 269 g/mol. The van der Waals surface area contributed by atoms with Gasteiger partial charge >= 0.3 is 0 Å². The quantitative estimate of drug-likeness (QED) is 0.710. The van der Waals surface area contributed by atoms with Gasteiger partial charge in [-0.2, -0.15) is 4.98 Å². The van der Waals surface area contributed by atoms with Gasteiger partial charge < -0.3 is 15.5 Å². The Bertz CT molecular complexity index is 705. The van der Waals surface area contributed by atoms with Crippen molar-refractivity contribution in [2.75, 3.05) is 11.1 Å². The zero-order valence-electron chi connectivity index (χ0n) is 10.5. The van der Waals surface area contributed by atoms with E-state index in [1.807, 2.05) is 12.1 Å². The SMILES string of the molecule is Nc1ccc(Nc2nc(-c3ccc(F)cc3)co2)cc1. The summed E-state index contributed by atoms with van der Waals surface area (Å²) in [6.45, 7) is 0. The maximum atomic E-state index is 12.9. The first-order valence-corrected chi connectivity index (χ1v) is 6.05. The van der Waals surface area contributed by atoms with E-state index in [2.05, 4.69) is 10.3 Å². The smallest absolute Gasteiger partial charge is 0.299 e. The highest BCUT2D eigenvalue weighted by Crippen LogP contribution is 2.23. The Hall–Kier alpha value is -2.82. The molecule has 0 atom stereocenters. The Balaban J connectivity index is 1.80. The first-order valence-electron chi connectivity index (χ1n) is 6.05. The lowest BCUT2D eigenvalue weighted by atomic mass is 10.2. The van der Waals surface area contributed by atoms with Gasteiger partial charge in [0.25, 0.3) is 6.01 Å². The van der Waals surface area contributed by atoms with Crippen molar-refractivity contribution < 1.29 is 8.81 Å². The number of aromatic nitrogens is 1. The van der Waals surface area contributed by atoms with Gasteiger partial charge in [0.15, 0.2) is 0 Å². The summed E-state index contributed by atoms with van der Waals surface area (Å²) >= 11 is 0. The number of hydrogen-bond donors (Lipinski definition) is 2. The van der Waals surface area contributed by atoms with Gasteiger partial charge in [-0.25, -0.2) is 4.39 Å². The predicted octanol–water partition coefficient (Wildman–Crippen LogP) is 3.81. The number of oxazole rings is 1. The van der Waals surface area contributed by atoms with Crippen LogP contribution in [0.4, 0.5) is 21.8 Å². The summed E-state index contributed by atoms with van der Waals surface area (Å²) in [5, 5.41) is 3.03. The van der Waals surface area contributed by atoms with Crippen molar-refractivity contribution >= 4 is 17.4 Å². The molecule has 3 rings (SSSR count). The molecular weight excluding hydrogens is 257 g/mol. The van der Waals surface area contributed by atoms with Gasteiger partial charge in [-0.15, -0.1) is 0 Å². The third-order valence-electron chi connectivity index (χ3n) is 2.81. The Morgan fingerprint density at radius 1 is 1.00 bits per heavy atom. The number of nitrogens with zero attached hydrogens (tertiary/aromatic N) is 1. The first-order chi connectivity index (χ1) is 9.70. The van der Waals surface area contributed by atoms with Crippen LogP contribution in [0, 0.1) is 5.82 Å². The number of nitrogens with two attached hydrogens (primary N) is 1. The van der Waals surface area contributed by atoms with E-state index in [9.17, 15) is 4.39 Å². The summed E-state index contributed by atoms with van der Waals surface area (Å²) in [5.74, 6) is -0.280. The summed E-state index contributed by atoms with van der Waals surface area (Å²) < 4.78 is 18.2. The molecule has 0 bridgehead atoms. The molecule has 0 fully saturated rings. The minimum absolute atomic E-state index is 0.280. The maximum Gasteiger partial charge on any atom is 0.299 e. The molecule has 20 heavy (non-hydrogen) atoms. The van der Waals surface area contributed by atoms with Crippen molar-refractivity contribution in [3.05, 3.63) is 60.6 Å². The number of rotatable bonds is 3. The second-order valence-electron chi connectivity index (χ2n) is 4.29. The average Bonchev–Trinajstić information content (AvgIpc) is 2.91. The Kier molecular flexibility index (Phi) is 3.09. The van der Waals surface area contributed by atoms with E-state index in [-0.39, 0.29) is 5.82 Å². The van der Waals surface area contributed by atoms with Crippen molar-refractivity contribution in [2.45, 2.75) is 0 Å². The molecule has 0 aliphatic heterocycles. The normalized spacial score (nSPS) is 10.4. The zero-order chi connectivity index (χ0) is 13.9. The molecule has 0 aliphatic rings. The van der Waals surface area contributed by atoms with Crippen LogP contribution in [0.15, 0.2) is 59.2 Å². The third kappa shape index (κ3) is 2.61. The number of halogens is 1. The van der Waals surface area contributed by atoms with Crippen LogP contribution in [0.25, 0.3) is 11.3 Å². The van der Waals surface area contributed by atoms with Gasteiger partial charge in [-0.1, -0.05) is 0 Å². The Morgan fingerprint density at radius 2 is 1.70 bits per heavy atom. The van der Waals surface area contributed by atoms with Crippen LogP contribution < -0.4 is 11.1 Å². The fourth-order valence-corrected chi connectivity index (χ4v) is 1.77. The molecule has 0 unspecified atom stereocenters. The molecule has 4 nitrogen and oxygen atoms in total. The number of benzene rings is 2. The first kappa shape index (κ1) is 12.2. The van der Waals surface area contributed by atoms with Gasteiger partial charge in [0, 0.05) is 16.9 Å². The Morgan fingerprint density at radius 3 is 2.40 bits per heavy atom. The highest BCUT2D eigenvalue weighted by Gasteiger charge is 2.06. The van der Waals surface area contributed by atoms with E-state index in [1.165, 1.54) is 18.4 Å². The van der Waals surface area contributed by atoms with E-state index >= 15 is 0 Å². The van der Waals surface area contributed by atoms with Gasteiger partial charge in [0.1, 0.15) is 17.8 Å². The van der Waals surface area contributed by atoms with Crippen molar-refractivity contribution in [1.82, 2.24) is 4.98 Å². The molecule has 0 spiro atoms. The summed E-state index contributed by atoms with van der Waals surface area (Å²) in [4.78, 5) is 4.30. The minimum atomic E-state index is -0.280. The molecule has 0 aliphatic carbocycles. The van der Waals surface area contributed by atoms with Crippen molar-refractivity contribution in [1.29, 1.82) is 0 Å². The molecule has 0 saturated carbocycles. The molecule has 5 heteroatoms. The fraction of sp³-hybridized carbons (Fsp3) is 0. The average molecular weight is 269 g/mol. The van der Waals surface area contributed by atoms with E-state index < -0.39 is 0 Å². The largest absolute Gasteiger partial charge is 0.431 e. The molecular formula is C15H12FN3O. The molecule has 3 N–H and O–H groups in total. The van der Waals surface area contributed by atoms with Crippen LogP contribution in [-0.2, 0) is 0 Å². The van der Waals surface area contributed by atoms with Crippen LogP contribution in [0.5, 0.6) is 0 Å². The number of anilines is 3. The van der Waals surface area contributed by atoms with Crippen LogP contribution in [0.3, 0.4) is 0 Å². The number of nitrogen functional groups attached to an aromatic ring is 1. The molecule has 1 aromatic heterocycles. The molecule has 100 valence electrons. The van der Waals surface area contributed by atoms with E-state index in [0.29, 0.717) is 17.4 Å². The second kappa shape index (κ2) is 5.05. The number of hydrogen-bond acceptors (Lipinski definition) is 4. The zero-order valence-corrected chi connectivity index (χ0v) is 10.5. The van der Waals surface area contributed by atoms with Gasteiger partial charge in [0.2, 0.25) is 0 Å². The molecule has 0 radical (unpaired) electrons. The van der Waals surface area contributed by atoms with Crippen LogP contribution in [-0.4, -0.2) is 4.98 Å². The van der Waals surface area contributed by atoms with E-state index in [1.54, 1.807) is 24.3 Å². The highest BCUT2D eigenvalue weighted by molar-refractivity contribution is 5.62.